The number of ether oxygens (including phenoxy) is 2. The van der Waals surface area contributed by atoms with Crippen molar-refractivity contribution in [1.29, 1.82) is 0 Å². The number of nitrogens with zero attached hydrogens (tertiary/aromatic N) is 4. The lowest BCUT2D eigenvalue weighted by atomic mass is 9.96. The standard InChI is InChI=1S/C25H31Cl2N3O3.C13H10Cl3NO.C12H22N2O2/c1-25(2,3)32-24(31)30-16-9-10-17(30)12-15(11-16)28-13-18-22(29-33-23(18)14-7-8-14)21-19(26)5-4-6-20(21)27;14-6-8-12(17-18-13(8)7-4-5-7)11-9(15)2-1-3-10(11)16;1-12(2,3)16-11(15)14-9-4-5-10(14)7-8(13)6-9/h4-6,14-17,28H,7-13H2,1-3H3;1-3,7H,4-6H2;8-10H,4-7,13H2,1-3H3. The Labute approximate surface area is 419 Å². The monoisotopic (exact) mass is 1020 g/mol. The van der Waals surface area contributed by atoms with Crippen molar-refractivity contribution in [2.45, 2.75) is 190 Å². The van der Waals surface area contributed by atoms with E-state index in [0.717, 1.165) is 111 Å². The van der Waals surface area contributed by atoms with Crippen molar-refractivity contribution in [3.8, 4) is 22.5 Å². The Kier molecular flexibility index (Phi) is 15.4. The van der Waals surface area contributed by atoms with E-state index < -0.39 is 11.2 Å². The highest BCUT2D eigenvalue weighted by Gasteiger charge is 2.46. The van der Waals surface area contributed by atoms with Crippen LogP contribution < -0.4 is 11.1 Å². The van der Waals surface area contributed by atoms with Gasteiger partial charge in [-0.05, 0) is 143 Å². The summed E-state index contributed by atoms with van der Waals surface area (Å²) in [5, 5.41) is 14.5. The van der Waals surface area contributed by atoms with E-state index in [1.54, 1.807) is 18.2 Å². The van der Waals surface area contributed by atoms with E-state index in [0.29, 0.717) is 73.7 Å². The lowest BCUT2D eigenvalue weighted by Gasteiger charge is -2.39. The van der Waals surface area contributed by atoms with Gasteiger partial charge in [0.05, 0.1) is 26.0 Å². The summed E-state index contributed by atoms with van der Waals surface area (Å²) in [5.41, 5.74) is 9.88. The summed E-state index contributed by atoms with van der Waals surface area (Å²) in [4.78, 5) is 28.7. The van der Waals surface area contributed by atoms with Crippen molar-refractivity contribution in [1.82, 2.24) is 25.4 Å². The van der Waals surface area contributed by atoms with E-state index in [1.807, 2.05) is 69.5 Å². The summed E-state index contributed by atoms with van der Waals surface area (Å²) in [5.74, 6) is 3.07. The third-order valence-corrected chi connectivity index (χ3v) is 14.9. The second-order valence-electron chi connectivity index (χ2n) is 20.9. The van der Waals surface area contributed by atoms with Crippen LogP contribution in [0.3, 0.4) is 0 Å². The van der Waals surface area contributed by atoms with Crippen molar-refractivity contribution in [2.24, 2.45) is 5.73 Å². The van der Waals surface area contributed by atoms with Crippen molar-refractivity contribution >= 4 is 70.2 Å². The molecule has 2 aromatic heterocycles. The second-order valence-corrected chi connectivity index (χ2v) is 22.8. The fourth-order valence-corrected chi connectivity index (χ4v) is 11.6. The largest absolute Gasteiger partial charge is 0.444 e. The number of hydrogen-bond acceptors (Lipinski definition) is 10. The normalized spacial score (nSPS) is 24.4. The maximum Gasteiger partial charge on any atom is 0.410 e. The number of piperidine rings is 2. The van der Waals surface area contributed by atoms with Crippen LogP contribution in [0.15, 0.2) is 45.4 Å². The first-order chi connectivity index (χ1) is 31.8. The van der Waals surface area contributed by atoms with Crippen molar-refractivity contribution < 1.29 is 28.1 Å². The van der Waals surface area contributed by atoms with E-state index in [2.05, 4.69) is 15.6 Å². The van der Waals surface area contributed by atoms with Crippen molar-refractivity contribution in [2.75, 3.05) is 0 Å². The third-order valence-electron chi connectivity index (χ3n) is 13.3. The summed E-state index contributed by atoms with van der Waals surface area (Å²) < 4.78 is 22.3. The molecule has 4 saturated heterocycles. The first kappa shape index (κ1) is 50.2. The van der Waals surface area contributed by atoms with Crippen molar-refractivity contribution in [3.05, 3.63) is 79.1 Å². The van der Waals surface area contributed by atoms with Gasteiger partial charge in [-0.15, -0.1) is 11.6 Å². The van der Waals surface area contributed by atoms with Crippen molar-refractivity contribution in [3.63, 3.8) is 0 Å². The van der Waals surface area contributed by atoms with Crippen LogP contribution in [-0.4, -0.2) is 79.8 Å². The molecule has 4 bridgehead atoms. The highest BCUT2D eigenvalue weighted by molar-refractivity contribution is 6.39. The number of amides is 2. The molecule has 6 aliphatic rings. The Morgan fingerprint density at radius 3 is 1.39 bits per heavy atom. The summed E-state index contributed by atoms with van der Waals surface area (Å²) in [6, 6.07) is 12.5. The molecular formula is C50H63Cl5N6O6. The molecule has 2 aliphatic carbocycles. The SMILES string of the molecule is CC(C)(C)OC(=O)N1C2CCC1CC(N)C2.CC(C)(C)OC(=O)N1C2CCC1CC(NCc1c(-c3c(Cl)cccc3Cl)noc1C1CC1)C2.ClCc1c(-c2c(Cl)cccc2Cl)noc1C1CC1. The number of fused-ring (bicyclic) bond motifs is 4. The molecule has 3 N–H and O–H groups in total. The lowest BCUT2D eigenvalue weighted by molar-refractivity contribution is 0.00403. The van der Waals surface area contributed by atoms with Crippen LogP contribution in [0.2, 0.25) is 20.1 Å². The average Bonchev–Trinajstić information content (AvgIpc) is 4.15. The number of aromatic nitrogens is 2. The lowest BCUT2D eigenvalue weighted by Crippen LogP contribution is -2.52. The van der Waals surface area contributed by atoms with Gasteiger partial charge >= 0.3 is 12.2 Å². The first-order valence-corrected chi connectivity index (χ1v) is 25.8. The van der Waals surface area contributed by atoms with Crippen LogP contribution in [0.4, 0.5) is 9.59 Å². The highest BCUT2D eigenvalue weighted by Crippen LogP contribution is 2.48. The van der Waals surface area contributed by atoms with Crippen LogP contribution in [0.25, 0.3) is 22.5 Å². The molecule has 2 amide bonds. The van der Waals surface area contributed by atoms with Gasteiger partial charge in [0.1, 0.15) is 34.1 Å². The minimum atomic E-state index is -0.477. The van der Waals surface area contributed by atoms with E-state index in [1.165, 1.54) is 0 Å². The number of benzene rings is 2. The number of carbonyl (C=O) groups excluding carboxylic acids is 2. The van der Waals surface area contributed by atoms with Gasteiger partial charge in [-0.25, -0.2) is 9.59 Å². The number of alkyl halides is 1. The molecule has 67 heavy (non-hydrogen) atoms. The van der Waals surface area contributed by atoms with E-state index in [4.69, 9.17) is 82.3 Å². The Hall–Kier alpha value is -3.23. The molecule has 364 valence electrons. The first-order valence-electron chi connectivity index (χ1n) is 23.7. The molecule has 4 unspecified atom stereocenters. The highest BCUT2D eigenvalue weighted by atomic mass is 35.5. The smallest absolute Gasteiger partial charge is 0.410 e. The number of nitrogens with two attached hydrogens (primary N) is 1. The maximum atomic E-state index is 12.8. The van der Waals surface area contributed by atoms with Gasteiger partial charge < -0.3 is 39.4 Å². The molecule has 6 fully saturated rings. The Morgan fingerprint density at radius 1 is 0.642 bits per heavy atom. The third kappa shape index (κ3) is 11.9. The molecule has 6 heterocycles. The van der Waals surface area contributed by atoms with Crippen LogP contribution in [0.1, 0.15) is 153 Å². The number of nitrogens with one attached hydrogen (secondary N) is 1. The Balaban J connectivity index is 0.000000150. The molecule has 10 rings (SSSR count). The quantitative estimate of drug-likeness (QED) is 0.163. The van der Waals surface area contributed by atoms with Gasteiger partial charge in [0.25, 0.3) is 0 Å². The summed E-state index contributed by atoms with van der Waals surface area (Å²) in [7, 11) is 0. The Morgan fingerprint density at radius 2 is 1.01 bits per heavy atom. The molecule has 4 aromatic rings. The molecule has 0 spiro atoms. The number of hydrogen-bond donors (Lipinski definition) is 2. The fraction of sp³-hybridized carbons (Fsp3) is 0.600. The van der Waals surface area contributed by atoms with Crippen LogP contribution in [0, 0.1) is 0 Å². The van der Waals surface area contributed by atoms with Gasteiger partial charge in [-0.3, -0.25) is 0 Å². The molecule has 0 radical (unpaired) electrons. The van der Waals surface area contributed by atoms with Crippen LogP contribution in [0.5, 0.6) is 0 Å². The zero-order valence-electron chi connectivity index (χ0n) is 39.2. The molecule has 2 saturated carbocycles. The second kappa shape index (κ2) is 20.6. The number of rotatable bonds is 8. The van der Waals surface area contributed by atoms with Crippen LogP contribution >= 0.6 is 58.0 Å². The van der Waals surface area contributed by atoms with E-state index in [9.17, 15) is 9.59 Å². The predicted octanol–water partition coefficient (Wildman–Crippen LogP) is 13.7. The van der Waals surface area contributed by atoms with Gasteiger partial charge in [-0.1, -0.05) is 68.8 Å². The number of halogens is 5. The van der Waals surface area contributed by atoms with Gasteiger partial charge in [0.2, 0.25) is 0 Å². The summed E-state index contributed by atoms with van der Waals surface area (Å²) in [6.45, 7) is 12.1. The zero-order chi connectivity index (χ0) is 47.9. The predicted molar refractivity (Wildman–Crippen MR) is 264 cm³/mol. The minimum Gasteiger partial charge on any atom is -0.444 e. The van der Waals surface area contributed by atoms with E-state index in [-0.39, 0.29) is 30.3 Å². The average molecular weight is 1020 g/mol. The van der Waals surface area contributed by atoms with E-state index >= 15 is 0 Å². The zero-order valence-corrected chi connectivity index (χ0v) is 43.0. The molecule has 4 atom stereocenters. The Bertz CT molecular complexity index is 2340. The van der Waals surface area contributed by atoms with Gasteiger partial charge in [-0.2, -0.15) is 0 Å². The maximum absolute atomic E-state index is 12.8. The summed E-state index contributed by atoms with van der Waals surface area (Å²) in [6.07, 6.45) is 12.1. The van der Waals surface area contributed by atoms with Crippen LogP contribution in [-0.2, 0) is 21.9 Å². The molecule has 17 heteroatoms. The molecule has 12 nitrogen and oxygen atoms in total. The molecular weight excluding hydrogens is 958 g/mol. The molecule has 2 aromatic carbocycles. The summed E-state index contributed by atoms with van der Waals surface area (Å²) >= 11 is 31.4. The topological polar surface area (TPSA) is 149 Å². The minimum absolute atomic E-state index is 0.160. The fourth-order valence-electron chi connectivity index (χ4n) is 10.2. The van der Waals surface area contributed by atoms with Gasteiger partial charge in [0.15, 0.2) is 0 Å². The number of carbonyl (C=O) groups is 2. The van der Waals surface area contributed by atoms with Gasteiger partial charge in [0, 0.05) is 76.9 Å². The molecule has 4 aliphatic heterocycles.